The van der Waals surface area contributed by atoms with Crippen LogP contribution in [0.1, 0.15) is 91.4 Å². The fourth-order valence-corrected chi connectivity index (χ4v) is 7.74. The first-order valence-corrected chi connectivity index (χ1v) is 20.0. The van der Waals surface area contributed by atoms with Crippen LogP contribution in [0.15, 0.2) is 0 Å². The summed E-state index contributed by atoms with van der Waals surface area (Å²) in [6.45, 7) is 2.94. The number of hydrogen-bond acceptors (Lipinski definition) is 18. The summed E-state index contributed by atoms with van der Waals surface area (Å²) in [4.78, 5) is 23.8. The van der Waals surface area contributed by atoms with Crippen LogP contribution in [0, 0.1) is 11.8 Å². The summed E-state index contributed by atoms with van der Waals surface area (Å²) in [5.41, 5.74) is 6.30. The first kappa shape index (κ1) is 48.7. The number of aliphatic hydroxyl groups is 9. The maximum absolute atomic E-state index is 12.2. The lowest BCUT2D eigenvalue weighted by molar-refractivity contribution is -0.356. The highest BCUT2D eigenvalue weighted by Gasteiger charge is 2.54. The molecular formula is C37H68N2O17. The van der Waals surface area contributed by atoms with Crippen molar-refractivity contribution in [3.05, 3.63) is 0 Å². The van der Waals surface area contributed by atoms with Crippen molar-refractivity contribution in [2.45, 2.75) is 183 Å². The van der Waals surface area contributed by atoms with E-state index in [4.69, 9.17) is 34.2 Å². The highest BCUT2D eigenvalue weighted by atomic mass is 16.8. The number of amides is 1. The molecule has 17 atom stereocenters. The Kier molecular flexibility index (Phi) is 20.7. The van der Waals surface area contributed by atoms with Gasteiger partial charge in [0.2, 0.25) is 11.7 Å². The van der Waals surface area contributed by atoms with Crippen LogP contribution in [-0.2, 0) is 38.0 Å². The minimum absolute atomic E-state index is 0.0246. The summed E-state index contributed by atoms with van der Waals surface area (Å²) in [5, 5.41) is 97.8. The lowest BCUT2D eigenvalue weighted by Gasteiger charge is -2.48. The molecule has 0 aromatic carbocycles. The molecule has 2 saturated heterocycles. The third-order valence-electron chi connectivity index (χ3n) is 11.2. The molecule has 12 N–H and O–H groups in total. The van der Waals surface area contributed by atoms with E-state index in [1.165, 1.54) is 39.0 Å². The molecule has 19 heteroatoms. The molecule has 328 valence electrons. The summed E-state index contributed by atoms with van der Waals surface area (Å²) < 4.78 is 34.7. The van der Waals surface area contributed by atoms with E-state index in [1.54, 1.807) is 6.92 Å². The first-order valence-electron chi connectivity index (χ1n) is 20.0. The van der Waals surface area contributed by atoms with Gasteiger partial charge in [-0.3, -0.25) is 9.59 Å². The van der Waals surface area contributed by atoms with Gasteiger partial charge in [-0.25, -0.2) is 0 Å². The summed E-state index contributed by atoms with van der Waals surface area (Å²) in [6.07, 6.45) is -9.66. The van der Waals surface area contributed by atoms with E-state index in [2.05, 4.69) is 12.2 Å². The number of nitrogens with two attached hydrogens (primary N) is 1. The van der Waals surface area contributed by atoms with Gasteiger partial charge in [-0.05, 0) is 18.3 Å². The van der Waals surface area contributed by atoms with Crippen LogP contribution in [0.2, 0.25) is 0 Å². The molecule has 0 radical (unpaired) electrons. The Labute approximate surface area is 328 Å². The molecule has 1 saturated carbocycles. The fraction of sp³-hybridized carbons (Fsp3) is 0.946. The Bertz CT molecular complexity index is 1140. The van der Waals surface area contributed by atoms with E-state index in [0.717, 1.165) is 19.3 Å². The molecule has 0 aromatic rings. The number of ether oxygens (including phenoxy) is 6. The molecule has 19 nitrogen and oxygen atoms in total. The highest BCUT2D eigenvalue weighted by molar-refractivity contribution is 5.73. The second-order valence-electron chi connectivity index (χ2n) is 15.6. The predicted octanol–water partition coefficient (Wildman–Crippen LogP) is -2.36. The maximum Gasteiger partial charge on any atom is 0.295 e. The predicted molar refractivity (Wildman–Crippen MR) is 195 cm³/mol. The van der Waals surface area contributed by atoms with Crippen LogP contribution >= 0.6 is 0 Å². The largest absolute Gasteiger partial charge is 0.435 e. The molecule has 1 amide bonds. The summed E-state index contributed by atoms with van der Waals surface area (Å²) in [7, 11) is 0. The Morgan fingerprint density at radius 1 is 0.911 bits per heavy atom. The molecule has 0 aromatic heterocycles. The van der Waals surface area contributed by atoms with Gasteiger partial charge >= 0.3 is 0 Å². The fourth-order valence-electron chi connectivity index (χ4n) is 7.74. The van der Waals surface area contributed by atoms with Gasteiger partial charge in [0.05, 0.1) is 38.6 Å². The van der Waals surface area contributed by atoms with Crippen molar-refractivity contribution >= 4 is 12.4 Å². The summed E-state index contributed by atoms with van der Waals surface area (Å²) >= 11 is 0. The Balaban J connectivity index is 1.68. The van der Waals surface area contributed by atoms with Crippen LogP contribution in [0.4, 0.5) is 0 Å². The molecule has 56 heavy (non-hydrogen) atoms. The van der Waals surface area contributed by atoms with E-state index < -0.39 is 123 Å². The maximum atomic E-state index is 12.2. The number of carbonyl (C=O) groups excluding carboxylic acids is 2. The first-order chi connectivity index (χ1) is 26.6. The van der Waals surface area contributed by atoms with Gasteiger partial charge in [-0.15, -0.1) is 0 Å². The number of aliphatic hydroxyl groups excluding tert-OH is 9. The van der Waals surface area contributed by atoms with Crippen LogP contribution in [0.3, 0.4) is 0 Å². The van der Waals surface area contributed by atoms with Crippen LogP contribution < -0.4 is 11.1 Å². The average Bonchev–Trinajstić information content (AvgIpc) is 3.17. The zero-order valence-electron chi connectivity index (χ0n) is 32.8. The molecule has 2 aliphatic heterocycles. The van der Waals surface area contributed by atoms with Gasteiger partial charge in [-0.1, -0.05) is 65.2 Å². The van der Waals surface area contributed by atoms with Crippen molar-refractivity contribution in [1.29, 1.82) is 0 Å². The number of carbonyl (C=O) groups is 2. The second kappa shape index (κ2) is 23.8. The van der Waals surface area contributed by atoms with Gasteiger partial charge in [-0.2, -0.15) is 0 Å². The number of hydrogen-bond donors (Lipinski definition) is 11. The molecule has 3 aliphatic rings. The second-order valence-corrected chi connectivity index (χ2v) is 15.6. The minimum atomic E-state index is -1.92. The monoisotopic (exact) mass is 812 g/mol. The van der Waals surface area contributed by atoms with Crippen molar-refractivity contribution in [2.24, 2.45) is 17.6 Å². The average molecular weight is 813 g/mol. The molecular weight excluding hydrogens is 744 g/mol. The molecule has 6 unspecified atom stereocenters. The minimum Gasteiger partial charge on any atom is -0.435 e. The Morgan fingerprint density at radius 3 is 2.16 bits per heavy atom. The lowest BCUT2D eigenvalue weighted by Crippen LogP contribution is -2.67. The van der Waals surface area contributed by atoms with E-state index in [-0.39, 0.29) is 32.0 Å². The van der Waals surface area contributed by atoms with E-state index >= 15 is 0 Å². The molecule has 3 fully saturated rings. The SMILES string of the molecule is CCCCCCCCCCC(N)CO[C@@H]1OC(CO)[C@@H](O[C@@H]2OC(CO[C@@]3(OC=O)CC([C@H](O)[C@H](O)CO)[C@H](C)[C@H](O)C3)[C@H](O)[C@H](O)C2O)[C@H](O)C1NC(C)=O. The topological polar surface area (TPSA) is 310 Å². The quantitative estimate of drug-likeness (QED) is 0.0276. The van der Waals surface area contributed by atoms with Crippen molar-refractivity contribution < 1.29 is 84.0 Å². The van der Waals surface area contributed by atoms with Crippen LogP contribution in [0.25, 0.3) is 0 Å². The van der Waals surface area contributed by atoms with Gasteiger partial charge in [0.1, 0.15) is 54.9 Å². The van der Waals surface area contributed by atoms with Crippen molar-refractivity contribution in [2.75, 3.05) is 26.4 Å². The van der Waals surface area contributed by atoms with Crippen LogP contribution in [0.5, 0.6) is 0 Å². The third kappa shape index (κ3) is 13.4. The Hall–Kier alpha value is -1.66. The van der Waals surface area contributed by atoms with Crippen molar-refractivity contribution in [3.63, 3.8) is 0 Å². The van der Waals surface area contributed by atoms with E-state index in [1.807, 2.05) is 0 Å². The zero-order valence-corrected chi connectivity index (χ0v) is 32.8. The summed E-state index contributed by atoms with van der Waals surface area (Å²) in [5.74, 6) is -4.02. The molecule has 0 spiro atoms. The Morgan fingerprint density at radius 2 is 1.55 bits per heavy atom. The number of nitrogens with one attached hydrogen (secondary N) is 1. The van der Waals surface area contributed by atoms with Crippen molar-refractivity contribution in [1.82, 2.24) is 5.32 Å². The molecule has 2 heterocycles. The number of rotatable bonds is 24. The van der Waals surface area contributed by atoms with Gasteiger partial charge < -0.3 is 85.4 Å². The molecule has 0 bridgehead atoms. The van der Waals surface area contributed by atoms with Crippen molar-refractivity contribution in [3.8, 4) is 0 Å². The van der Waals surface area contributed by atoms with Crippen LogP contribution in [-0.4, -0.2) is 176 Å². The van der Waals surface area contributed by atoms with Gasteiger partial charge in [0, 0.05) is 25.8 Å². The zero-order chi connectivity index (χ0) is 41.6. The highest BCUT2D eigenvalue weighted by Crippen LogP contribution is 2.42. The molecule has 1 aliphatic carbocycles. The van der Waals surface area contributed by atoms with Gasteiger partial charge in [0.15, 0.2) is 12.6 Å². The van der Waals surface area contributed by atoms with E-state index in [9.17, 15) is 55.5 Å². The smallest absolute Gasteiger partial charge is 0.295 e. The molecule has 3 rings (SSSR count). The van der Waals surface area contributed by atoms with E-state index in [0.29, 0.717) is 6.42 Å². The summed E-state index contributed by atoms with van der Waals surface area (Å²) in [6, 6.07) is -1.60. The number of unbranched alkanes of at least 4 members (excludes halogenated alkanes) is 7. The standard InChI is InChI=1S/C37H68N2O17/c1-4-5-6-7-8-9-10-11-12-22(38)17-51-35-28(39-21(3)43)31(48)34(26(16-41)54-35)56-36-33(50)32(49)30(47)27(55-36)18-52-37(53-19-42)13-23(20(2)24(44)14-37)29(46)25(45)15-40/h19-20,22-36,40-41,44-50H,4-18,38H2,1-3H3,(H,39,43)/t20-,22?,23?,24+,25+,26?,27?,28?,29-,30-,31+,32-,33?,34+,35+,36-,37+/m0/s1. The normalized spacial score (nSPS) is 38.1. The lowest BCUT2D eigenvalue weighted by atomic mass is 9.71. The third-order valence-corrected chi connectivity index (χ3v) is 11.2. The van der Waals surface area contributed by atoms with Gasteiger partial charge in [0.25, 0.3) is 6.47 Å².